The number of alkyl halides is 3. The minimum atomic E-state index is -4.57. The summed E-state index contributed by atoms with van der Waals surface area (Å²) in [5.41, 5.74) is 7.84. The zero-order valence-corrected chi connectivity index (χ0v) is 18.1. The highest BCUT2D eigenvalue weighted by atomic mass is 19.4. The molecule has 1 atom stereocenters. The maximum Gasteiger partial charge on any atom is 0.395 e. The summed E-state index contributed by atoms with van der Waals surface area (Å²) < 4.78 is 56.8. The Labute approximate surface area is 190 Å². The van der Waals surface area contributed by atoms with Gasteiger partial charge in [-0.15, -0.1) is 0 Å². The van der Waals surface area contributed by atoms with Gasteiger partial charge in [-0.3, -0.25) is 14.5 Å². The van der Waals surface area contributed by atoms with Gasteiger partial charge in [-0.25, -0.2) is 19.4 Å². The van der Waals surface area contributed by atoms with Crippen molar-refractivity contribution in [1.82, 2.24) is 24.8 Å². The molecule has 1 unspecified atom stereocenters. The van der Waals surface area contributed by atoms with Crippen molar-refractivity contribution in [2.75, 3.05) is 23.8 Å². The van der Waals surface area contributed by atoms with Crippen LogP contribution in [0, 0.1) is 18.7 Å². The van der Waals surface area contributed by atoms with E-state index < -0.39 is 36.9 Å². The number of fused-ring (bicyclic) bond motifs is 3. The summed E-state index contributed by atoms with van der Waals surface area (Å²) in [6.45, 7) is 0.373. The van der Waals surface area contributed by atoms with Crippen molar-refractivity contribution in [3.63, 3.8) is 0 Å². The topological polar surface area (TPSA) is 93.2 Å². The Morgan fingerprint density at radius 2 is 1.97 bits per heavy atom. The van der Waals surface area contributed by atoms with E-state index in [4.69, 9.17) is 5.73 Å². The number of benzene rings is 1. The van der Waals surface area contributed by atoms with Crippen LogP contribution in [0.4, 0.5) is 29.2 Å². The molecule has 5 rings (SSSR count). The van der Waals surface area contributed by atoms with Gasteiger partial charge in [-0.05, 0) is 36.8 Å². The number of nitrogen functional groups attached to an aromatic ring is 1. The van der Waals surface area contributed by atoms with Gasteiger partial charge in [0.2, 0.25) is 0 Å². The van der Waals surface area contributed by atoms with Crippen LogP contribution in [0.15, 0.2) is 36.7 Å². The first-order valence-electron chi connectivity index (χ1n) is 10.3. The second kappa shape index (κ2) is 7.54. The molecular weight excluding hydrogens is 454 g/mol. The van der Waals surface area contributed by atoms with Crippen LogP contribution < -0.4 is 10.7 Å². The largest absolute Gasteiger partial charge is 0.395 e. The number of carbonyl (C=O) groups is 1. The summed E-state index contributed by atoms with van der Waals surface area (Å²) in [5.74, 6) is -3.45. The fraction of sp³-hybridized carbons (Fsp3) is 0.273. The molecule has 3 aromatic heterocycles. The summed E-state index contributed by atoms with van der Waals surface area (Å²) in [7, 11) is 1.71. The molecule has 0 aliphatic carbocycles. The summed E-state index contributed by atoms with van der Waals surface area (Å²) in [5, 5.41) is 7.22. The van der Waals surface area contributed by atoms with E-state index in [0.717, 1.165) is 16.1 Å². The van der Waals surface area contributed by atoms with Gasteiger partial charge in [0.15, 0.2) is 11.6 Å². The lowest BCUT2D eigenvalue weighted by molar-refractivity contribution is -0.166. The zero-order valence-electron chi connectivity index (χ0n) is 18.1. The van der Waals surface area contributed by atoms with Crippen molar-refractivity contribution < 1.29 is 22.4 Å². The minimum absolute atomic E-state index is 0.158. The van der Waals surface area contributed by atoms with Crippen LogP contribution in [0.2, 0.25) is 0 Å². The van der Waals surface area contributed by atoms with Crippen LogP contribution in [0.1, 0.15) is 15.9 Å². The SMILES string of the molecule is Cc1cc2nc(N)c3cnn(C)c3c2cc1C(=O)N1CC(C(F)(F)F)CN1c1ncccc1F. The van der Waals surface area contributed by atoms with E-state index in [0.29, 0.717) is 27.4 Å². The Hall–Kier alpha value is -3.96. The van der Waals surface area contributed by atoms with Crippen LogP contribution in [-0.2, 0) is 7.05 Å². The molecule has 4 heterocycles. The fourth-order valence-electron chi connectivity index (χ4n) is 4.32. The summed E-state index contributed by atoms with van der Waals surface area (Å²) >= 11 is 0. The highest BCUT2D eigenvalue weighted by Crippen LogP contribution is 2.37. The first kappa shape index (κ1) is 21.9. The van der Waals surface area contributed by atoms with Gasteiger partial charge in [0.1, 0.15) is 5.82 Å². The second-order valence-electron chi connectivity index (χ2n) is 8.23. The van der Waals surface area contributed by atoms with Crippen molar-refractivity contribution in [3.05, 3.63) is 53.6 Å². The molecule has 1 aromatic carbocycles. The molecule has 1 aliphatic heterocycles. The number of halogens is 4. The average molecular weight is 473 g/mol. The van der Waals surface area contributed by atoms with Gasteiger partial charge in [0, 0.05) is 24.2 Å². The molecule has 8 nitrogen and oxygen atoms in total. The molecular formula is C22H19F4N7O. The van der Waals surface area contributed by atoms with Crippen LogP contribution in [-0.4, -0.2) is 49.9 Å². The quantitative estimate of drug-likeness (QED) is 0.447. The summed E-state index contributed by atoms with van der Waals surface area (Å²) in [6.07, 6.45) is -1.75. The number of aromatic nitrogens is 4. The molecule has 12 heteroatoms. The highest BCUT2D eigenvalue weighted by Gasteiger charge is 2.49. The number of aryl methyl sites for hydroxylation is 2. The lowest BCUT2D eigenvalue weighted by Crippen LogP contribution is -2.42. The molecule has 0 bridgehead atoms. The lowest BCUT2D eigenvalue weighted by Gasteiger charge is -2.29. The zero-order chi connectivity index (χ0) is 24.4. The molecule has 0 saturated carbocycles. The van der Waals surface area contributed by atoms with Gasteiger partial charge >= 0.3 is 6.18 Å². The molecule has 1 aliphatic rings. The van der Waals surface area contributed by atoms with Gasteiger partial charge < -0.3 is 5.73 Å². The highest BCUT2D eigenvalue weighted by molar-refractivity contribution is 6.10. The van der Waals surface area contributed by atoms with Crippen LogP contribution in [0.25, 0.3) is 21.8 Å². The van der Waals surface area contributed by atoms with Crippen LogP contribution in [0.3, 0.4) is 0 Å². The van der Waals surface area contributed by atoms with E-state index in [-0.39, 0.29) is 17.2 Å². The smallest absolute Gasteiger partial charge is 0.383 e. The fourth-order valence-corrected chi connectivity index (χ4v) is 4.32. The van der Waals surface area contributed by atoms with Crippen molar-refractivity contribution in [3.8, 4) is 0 Å². The van der Waals surface area contributed by atoms with Crippen molar-refractivity contribution in [2.24, 2.45) is 13.0 Å². The van der Waals surface area contributed by atoms with Crippen LogP contribution in [0.5, 0.6) is 0 Å². The molecule has 4 aromatic rings. The molecule has 1 saturated heterocycles. The predicted octanol–water partition coefficient (Wildman–Crippen LogP) is 3.60. The molecule has 1 amide bonds. The van der Waals surface area contributed by atoms with E-state index in [1.54, 1.807) is 37.0 Å². The van der Waals surface area contributed by atoms with Gasteiger partial charge in [0.05, 0.1) is 41.6 Å². The molecule has 2 N–H and O–H groups in total. The Morgan fingerprint density at radius 3 is 2.68 bits per heavy atom. The lowest BCUT2D eigenvalue weighted by atomic mass is 10.0. The number of nitrogens with two attached hydrogens (primary N) is 1. The average Bonchev–Trinajstić information content (AvgIpc) is 3.38. The maximum absolute atomic E-state index is 14.5. The van der Waals surface area contributed by atoms with Crippen molar-refractivity contribution >= 4 is 39.3 Å². The van der Waals surface area contributed by atoms with E-state index >= 15 is 0 Å². The number of hydrogen-bond donors (Lipinski definition) is 1. The normalized spacial score (nSPS) is 16.7. The number of pyridine rings is 2. The number of amides is 1. The number of rotatable bonds is 2. The van der Waals surface area contributed by atoms with E-state index in [1.807, 2.05) is 0 Å². The minimum Gasteiger partial charge on any atom is -0.383 e. The summed E-state index contributed by atoms with van der Waals surface area (Å²) in [6, 6.07) is 5.63. The third-order valence-corrected chi connectivity index (χ3v) is 6.04. The van der Waals surface area contributed by atoms with Crippen molar-refractivity contribution in [1.29, 1.82) is 0 Å². The third kappa shape index (κ3) is 3.37. The number of anilines is 2. The molecule has 0 spiro atoms. The van der Waals surface area contributed by atoms with Gasteiger partial charge in [-0.2, -0.15) is 18.3 Å². The Bertz CT molecular complexity index is 1450. The van der Waals surface area contributed by atoms with E-state index in [9.17, 15) is 22.4 Å². The van der Waals surface area contributed by atoms with Gasteiger partial charge in [-0.1, -0.05) is 0 Å². The molecule has 34 heavy (non-hydrogen) atoms. The van der Waals surface area contributed by atoms with Crippen molar-refractivity contribution in [2.45, 2.75) is 13.1 Å². The molecule has 1 fully saturated rings. The second-order valence-corrected chi connectivity index (χ2v) is 8.23. The first-order chi connectivity index (χ1) is 16.1. The molecule has 176 valence electrons. The monoisotopic (exact) mass is 473 g/mol. The Kier molecular flexibility index (Phi) is 4.85. The third-order valence-electron chi connectivity index (χ3n) is 6.04. The first-order valence-corrected chi connectivity index (χ1v) is 10.3. The number of nitrogens with zero attached hydrogens (tertiary/aromatic N) is 6. The Balaban J connectivity index is 1.64. The standard InChI is InChI=1S/C22H19F4N7O/c1-11-6-17-14(18-15(19(27)30-17)8-29-31(18)2)7-13(11)21(34)33-10-12(22(24,25)26)9-32(33)20-16(23)4-3-5-28-20/h3-8,12H,9-10H2,1-2H3,(H2,27,30). The van der Waals surface area contributed by atoms with Gasteiger partial charge in [0.25, 0.3) is 5.91 Å². The van der Waals surface area contributed by atoms with E-state index in [2.05, 4.69) is 15.1 Å². The number of carbonyl (C=O) groups excluding carboxylic acids is 1. The predicted molar refractivity (Wildman–Crippen MR) is 117 cm³/mol. The molecule has 0 radical (unpaired) electrons. The maximum atomic E-state index is 14.5. The summed E-state index contributed by atoms with van der Waals surface area (Å²) in [4.78, 5) is 21.9. The Morgan fingerprint density at radius 1 is 1.21 bits per heavy atom. The number of hydrogen-bond acceptors (Lipinski definition) is 6. The van der Waals surface area contributed by atoms with E-state index in [1.165, 1.54) is 12.3 Å². The van der Waals surface area contributed by atoms with Crippen LogP contribution >= 0.6 is 0 Å². The number of hydrazine groups is 1.